The zero-order valence-corrected chi connectivity index (χ0v) is 12.5. The molecule has 0 aromatic heterocycles. The number of likely N-dealkylation sites (tertiary alicyclic amines) is 1. The summed E-state index contributed by atoms with van der Waals surface area (Å²) in [5.41, 5.74) is 0. The molecule has 116 valence electrons. The second-order valence-electron chi connectivity index (χ2n) is 6.83. The van der Waals surface area contributed by atoms with Crippen LogP contribution in [0.3, 0.4) is 0 Å². The minimum Gasteiger partial charge on any atom is -0.481 e. The van der Waals surface area contributed by atoms with E-state index < -0.39 is 11.9 Å². The molecule has 2 fully saturated rings. The molecule has 2 unspecified atom stereocenters. The molecule has 3 aliphatic rings. The Bertz CT molecular complexity index is 454. The van der Waals surface area contributed by atoms with Crippen LogP contribution in [0.25, 0.3) is 0 Å². The van der Waals surface area contributed by atoms with Crippen molar-refractivity contribution in [3.05, 3.63) is 12.2 Å². The fraction of sp³-hybridized carbons (Fsp3) is 0.750. The highest BCUT2D eigenvalue weighted by Crippen LogP contribution is 2.48. The maximum absolute atomic E-state index is 12.4. The number of carboxylic acid groups (broad SMARTS) is 1. The second-order valence-corrected chi connectivity index (χ2v) is 6.83. The van der Waals surface area contributed by atoms with Gasteiger partial charge in [0.15, 0.2) is 0 Å². The first-order chi connectivity index (χ1) is 10.1. The van der Waals surface area contributed by atoms with Crippen molar-refractivity contribution in [2.24, 2.45) is 29.6 Å². The summed E-state index contributed by atoms with van der Waals surface area (Å²) in [5.74, 6) is -1.09. The van der Waals surface area contributed by atoms with Crippen molar-refractivity contribution in [1.82, 2.24) is 10.2 Å². The first-order valence-electron chi connectivity index (χ1n) is 7.93. The molecule has 0 radical (unpaired) electrons. The van der Waals surface area contributed by atoms with Crippen LogP contribution in [0.5, 0.6) is 0 Å². The zero-order chi connectivity index (χ0) is 15.0. The van der Waals surface area contributed by atoms with Gasteiger partial charge in [-0.2, -0.15) is 0 Å². The number of carbonyl (C=O) groups excluding carboxylic acids is 1. The molecule has 5 nitrogen and oxygen atoms in total. The molecule has 1 amide bonds. The number of carbonyl (C=O) groups is 2. The molecule has 0 aromatic rings. The molecule has 3 rings (SSSR count). The second kappa shape index (κ2) is 5.79. The van der Waals surface area contributed by atoms with E-state index in [9.17, 15) is 14.7 Å². The molecular weight excluding hydrogens is 268 g/mol. The summed E-state index contributed by atoms with van der Waals surface area (Å²) >= 11 is 0. The summed E-state index contributed by atoms with van der Waals surface area (Å²) in [6.45, 7) is 2.85. The van der Waals surface area contributed by atoms with E-state index in [4.69, 9.17) is 0 Å². The zero-order valence-electron chi connectivity index (χ0n) is 12.5. The van der Waals surface area contributed by atoms with Crippen molar-refractivity contribution in [2.45, 2.75) is 19.3 Å². The number of amides is 1. The van der Waals surface area contributed by atoms with E-state index in [1.807, 2.05) is 12.2 Å². The first-order valence-corrected chi connectivity index (χ1v) is 7.93. The van der Waals surface area contributed by atoms with E-state index in [2.05, 4.69) is 17.3 Å². The van der Waals surface area contributed by atoms with Gasteiger partial charge in [-0.1, -0.05) is 12.2 Å². The highest BCUT2D eigenvalue weighted by Gasteiger charge is 2.51. The van der Waals surface area contributed by atoms with Gasteiger partial charge >= 0.3 is 5.97 Å². The fourth-order valence-electron chi connectivity index (χ4n) is 4.15. The minimum absolute atomic E-state index is 0.0478. The quantitative estimate of drug-likeness (QED) is 0.758. The van der Waals surface area contributed by atoms with Gasteiger partial charge in [-0.3, -0.25) is 9.59 Å². The van der Waals surface area contributed by atoms with E-state index in [-0.39, 0.29) is 23.7 Å². The van der Waals surface area contributed by atoms with E-state index in [1.54, 1.807) is 0 Å². The Morgan fingerprint density at radius 1 is 1.19 bits per heavy atom. The van der Waals surface area contributed by atoms with Crippen LogP contribution in [0.4, 0.5) is 0 Å². The van der Waals surface area contributed by atoms with Crippen LogP contribution in [-0.2, 0) is 9.59 Å². The Hall–Kier alpha value is -1.36. The molecule has 0 aromatic carbocycles. The number of carboxylic acids is 1. The van der Waals surface area contributed by atoms with Crippen molar-refractivity contribution in [3.8, 4) is 0 Å². The van der Waals surface area contributed by atoms with E-state index in [0.29, 0.717) is 12.5 Å². The monoisotopic (exact) mass is 292 g/mol. The third-order valence-electron chi connectivity index (χ3n) is 5.45. The van der Waals surface area contributed by atoms with Crippen LogP contribution in [0.1, 0.15) is 19.3 Å². The van der Waals surface area contributed by atoms with Gasteiger partial charge in [-0.05, 0) is 57.2 Å². The molecule has 0 spiro atoms. The maximum Gasteiger partial charge on any atom is 0.307 e. The normalized spacial score (nSPS) is 36.0. The lowest BCUT2D eigenvalue weighted by Gasteiger charge is -2.30. The number of rotatable bonds is 4. The Labute approximate surface area is 125 Å². The molecular formula is C16H24N2O3. The van der Waals surface area contributed by atoms with E-state index in [1.165, 1.54) is 0 Å². The molecule has 5 heteroatoms. The van der Waals surface area contributed by atoms with Crippen LogP contribution in [0.2, 0.25) is 0 Å². The van der Waals surface area contributed by atoms with E-state index in [0.717, 1.165) is 32.4 Å². The number of hydrogen-bond acceptors (Lipinski definition) is 3. The summed E-state index contributed by atoms with van der Waals surface area (Å²) in [6.07, 6.45) is 7.04. The van der Waals surface area contributed by atoms with E-state index >= 15 is 0 Å². The predicted octanol–water partition coefficient (Wildman–Crippen LogP) is 0.967. The molecule has 21 heavy (non-hydrogen) atoms. The largest absolute Gasteiger partial charge is 0.481 e. The van der Waals surface area contributed by atoms with Crippen molar-refractivity contribution < 1.29 is 14.7 Å². The summed E-state index contributed by atoms with van der Waals surface area (Å²) in [7, 11) is 2.12. The molecule has 4 atom stereocenters. The average molecular weight is 292 g/mol. The lowest BCUT2D eigenvalue weighted by atomic mass is 9.82. The van der Waals surface area contributed by atoms with Crippen LogP contribution in [-0.4, -0.2) is 48.6 Å². The smallest absolute Gasteiger partial charge is 0.307 e. The van der Waals surface area contributed by atoms with Gasteiger partial charge in [0.05, 0.1) is 11.8 Å². The number of piperidine rings is 1. The Morgan fingerprint density at radius 2 is 1.81 bits per heavy atom. The number of hydrogen-bond donors (Lipinski definition) is 2. The molecule has 1 saturated heterocycles. The predicted molar refractivity (Wildman–Crippen MR) is 78.6 cm³/mol. The van der Waals surface area contributed by atoms with Gasteiger partial charge in [0.25, 0.3) is 0 Å². The summed E-state index contributed by atoms with van der Waals surface area (Å²) in [5, 5.41) is 12.4. The van der Waals surface area contributed by atoms with Crippen LogP contribution in [0, 0.1) is 29.6 Å². The van der Waals surface area contributed by atoms with Crippen molar-refractivity contribution in [3.63, 3.8) is 0 Å². The number of nitrogens with one attached hydrogen (secondary N) is 1. The molecule has 2 bridgehead atoms. The van der Waals surface area contributed by atoms with Gasteiger partial charge < -0.3 is 15.3 Å². The summed E-state index contributed by atoms with van der Waals surface area (Å²) in [6, 6.07) is 0. The highest BCUT2D eigenvalue weighted by atomic mass is 16.4. The van der Waals surface area contributed by atoms with Crippen molar-refractivity contribution >= 4 is 11.9 Å². The maximum atomic E-state index is 12.4. The third kappa shape index (κ3) is 2.84. The van der Waals surface area contributed by atoms with Crippen LogP contribution < -0.4 is 5.32 Å². The third-order valence-corrected chi connectivity index (χ3v) is 5.45. The Morgan fingerprint density at radius 3 is 2.43 bits per heavy atom. The number of nitrogens with zero attached hydrogens (tertiary/aromatic N) is 1. The molecule has 1 heterocycles. The fourth-order valence-corrected chi connectivity index (χ4v) is 4.15. The van der Waals surface area contributed by atoms with Crippen LogP contribution >= 0.6 is 0 Å². The van der Waals surface area contributed by atoms with Gasteiger partial charge in [0.1, 0.15) is 0 Å². The highest BCUT2D eigenvalue weighted by molar-refractivity contribution is 5.86. The summed E-state index contributed by atoms with van der Waals surface area (Å²) < 4.78 is 0. The van der Waals surface area contributed by atoms with Gasteiger partial charge in [0.2, 0.25) is 5.91 Å². The van der Waals surface area contributed by atoms with Gasteiger partial charge in [-0.15, -0.1) is 0 Å². The average Bonchev–Trinajstić information content (AvgIpc) is 3.06. The van der Waals surface area contributed by atoms with Gasteiger partial charge in [0, 0.05) is 6.54 Å². The standard InChI is InChI=1S/C16H24N2O3/c1-18-6-4-10(5-7-18)9-17-15(19)13-11-2-3-12(8-11)14(13)16(20)21/h2-3,10-14H,4-9H2,1H3,(H,17,19)(H,20,21)/t11?,12?,13-,14+/m0/s1. The number of fused-ring (bicyclic) bond motifs is 2. The number of allylic oxidation sites excluding steroid dienone is 2. The Kier molecular flexibility index (Phi) is 4.02. The lowest BCUT2D eigenvalue weighted by Crippen LogP contribution is -2.43. The summed E-state index contributed by atoms with van der Waals surface area (Å²) in [4.78, 5) is 26.2. The van der Waals surface area contributed by atoms with Gasteiger partial charge in [-0.25, -0.2) is 0 Å². The van der Waals surface area contributed by atoms with Crippen molar-refractivity contribution in [1.29, 1.82) is 0 Å². The van der Waals surface area contributed by atoms with Crippen molar-refractivity contribution in [2.75, 3.05) is 26.7 Å². The topological polar surface area (TPSA) is 69.6 Å². The van der Waals surface area contributed by atoms with Crippen LogP contribution in [0.15, 0.2) is 12.2 Å². The SMILES string of the molecule is CN1CCC(CNC(=O)[C@H]2C3C=CC(C3)[C@H]2C(=O)O)CC1. The Balaban J connectivity index is 1.55. The molecule has 2 aliphatic carbocycles. The first kappa shape index (κ1) is 14.6. The number of aliphatic carboxylic acids is 1. The molecule has 2 N–H and O–H groups in total. The molecule has 1 aliphatic heterocycles. The molecule has 1 saturated carbocycles. The lowest BCUT2D eigenvalue weighted by molar-refractivity contribution is -0.147. The minimum atomic E-state index is -0.828.